The van der Waals surface area contributed by atoms with E-state index in [1.165, 1.54) is 6.26 Å². The summed E-state index contributed by atoms with van der Waals surface area (Å²) < 4.78 is 4.33. The lowest BCUT2D eigenvalue weighted by atomic mass is 10.8. The normalized spacial score (nSPS) is 5.88. The van der Waals surface area contributed by atoms with E-state index in [-0.39, 0.29) is 0 Å². The van der Waals surface area contributed by atoms with Crippen LogP contribution in [0.2, 0.25) is 0 Å². The van der Waals surface area contributed by atoms with Crippen molar-refractivity contribution in [2.45, 2.75) is 0 Å². The van der Waals surface area contributed by atoms with E-state index in [4.69, 9.17) is 10.4 Å². The molecule has 0 bridgehead atoms. The number of nitriles is 1. The summed E-state index contributed by atoms with van der Waals surface area (Å²) in [5.41, 5.74) is 0. The minimum atomic E-state index is 0.750. The highest BCUT2D eigenvalue weighted by atomic mass is 16.5. The van der Waals surface area contributed by atoms with Crippen LogP contribution in [0.25, 0.3) is 0 Å². The summed E-state index contributed by atoms with van der Waals surface area (Å²) in [5.74, 6) is 0. The predicted molar refractivity (Wildman–Crippen MR) is 24.1 cm³/mol. The molecule has 8 heavy (non-hydrogen) atoms. The second kappa shape index (κ2) is 5.50. The third kappa shape index (κ3) is 4.50. The van der Waals surface area contributed by atoms with Crippen LogP contribution in [-0.4, -0.2) is 10.3 Å². The maximum Gasteiger partial charge on any atom is 0.283 e. The first-order valence-corrected chi connectivity index (χ1v) is 1.79. The summed E-state index contributed by atoms with van der Waals surface area (Å²) in [6, 6.07) is 1.72. The van der Waals surface area contributed by atoms with Gasteiger partial charge in [-0.25, -0.2) is 0 Å². The van der Waals surface area contributed by atoms with Crippen molar-refractivity contribution in [3.05, 3.63) is 18.5 Å². The van der Waals surface area contributed by atoms with Crippen molar-refractivity contribution in [2.75, 3.05) is 0 Å². The summed E-state index contributed by atoms with van der Waals surface area (Å²) in [6.07, 6.45) is 3.85. The average Bonchev–Trinajstić information content (AvgIpc) is 2.17. The molecule has 0 amide bonds. The van der Waals surface area contributed by atoms with E-state index in [1.807, 2.05) is 0 Å². The zero-order valence-electron chi connectivity index (χ0n) is 3.98. The molecule has 4 heteroatoms. The minimum Gasteiger partial charge on any atom is -0.443 e. The molecule has 1 rings (SSSR count). The molecule has 1 heterocycles. The predicted octanol–water partition coefficient (Wildman–Crippen LogP) is 0.515. The van der Waals surface area contributed by atoms with Gasteiger partial charge < -0.3 is 9.63 Å². The first-order chi connectivity index (χ1) is 3.91. The Labute approximate surface area is 46.0 Å². The van der Waals surface area contributed by atoms with Crippen molar-refractivity contribution in [3.8, 4) is 6.26 Å². The molecule has 0 unspecified atom stereocenters. The second-order valence-corrected chi connectivity index (χ2v) is 0.788. The second-order valence-electron chi connectivity index (χ2n) is 0.788. The van der Waals surface area contributed by atoms with Gasteiger partial charge in [0.2, 0.25) is 0 Å². The van der Waals surface area contributed by atoms with Crippen LogP contribution < -0.4 is 0 Å². The van der Waals surface area contributed by atoms with Gasteiger partial charge in [-0.2, -0.15) is 5.26 Å². The third-order valence-electron chi connectivity index (χ3n) is 0.347. The number of hydrogen-bond donors (Lipinski definition) is 1. The van der Waals surface area contributed by atoms with E-state index in [9.17, 15) is 0 Å². The molecule has 0 fully saturated rings. The van der Waals surface area contributed by atoms with Gasteiger partial charge in [0.05, 0.1) is 6.20 Å². The molecule has 1 aromatic rings. The Morgan fingerprint density at radius 2 is 2.38 bits per heavy atom. The number of rotatable bonds is 0. The van der Waals surface area contributed by atoms with Crippen LogP contribution in [0.3, 0.4) is 0 Å². The fourth-order valence-electron chi connectivity index (χ4n) is 0.176. The van der Waals surface area contributed by atoms with Gasteiger partial charge >= 0.3 is 0 Å². The van der Waals surface area contributed by atoms with Crippen LogP contribution in [0.4, 0.5) is 0 Å². The monoisotopic (exact) mass is 112 g/mol. The first kappa shape index (κ1) is 6.50. The highest BCUT2D eigenvalue weighted by Crippen LogP contribution is 1.72. The smallest absolute Gasteiger partial charge is 0.283 e. The topological polar surface area (TPSA) is 70.0 Å². The van der Waals surface area contributed by atoms with Crippen molar-refractivity contribution in [2.24, 2.45) is 0 Å². The fourth-order valence-corrected chi connectivity index (χ4v) is 0.176. The highest BCUT2D eigenvalue weighted by molar-refractivity contribution is 4.67. The van der Waals surface area contributed by atoms with Crippen molar-refractivity contribution >= 4 is 0 Å². The Hall–Kier alpha value is -1.50. The molecule has 0 spiro atoms. The number of aliphatic hydroxyl groups is 1. The lowest BCUT2D eigenvalue weighted by Crippen LogP contribution is -1.38. The van der Waals surface area contributed by atoms with Gasteiger partial charge in [-0.1, -0.05) is 5.16 Å². The maximum atomic E-state index is 6.88. The number of hydrogen-bond acceptors (Lipinski definition) is 4. The summed E-state index contributed by atoms with van der Waals surface area (Å²) >= 11 is 0. The Balaban J connectivity index is 0.000000145. The largest absolute Gasteiger partial charge is 0.443 e. The fraction of sp³-hybridized carbons (Fsp3) is 0. The number of aliphatic hydroxyl groups excluding tert-OH is 1. The van der Waals surface area contributed by atoms with Crippen molar-refractivity contribution in [1.29, 1.82) is 5.26 Å². The maximum absolute atomic E-state index is 6.88. The lowest BCUT2D eigenvalue weighted by Gasteiger charge is -1.48. The average molecular weight is 112 g/mol. The van der Waals surface area contributed by atoms with Crippen LogP contribution in [-0.2, 0) is 0 Å². The van der Waals surface area contributed by atoms with Crippen LogP contribution in [0.5, 0.6) is 0 Å². The molecular formula is C4H4N2O2. The summed E-state index contributed by atoms with van der Waals surface area (Å²) in [7, 11) is 0. The summed E-state index contributed by atoms with van der Waals surface area (Å²) in [6.45, 7) is 0. The SMILES string of the molecule is N#CO.c1cnoc1. The third-order valence-corrected chi connectivity index (χ3v) is 0.347. The van der Waals surface area contributed by atoms with E-state index in [0.29, 0.717) is 0 Å². The van der Waals surface area contributed by atoms with Crippen LogP contribution in [0, 0.1) is 11.5 Å². The van der Waals surface area contributed by atoms with E-state index in [2.05, 4.69) is 9.68 Å². The lowest BCUT2D eigenvalue weighted by molar-refractivity contribution is 0.420. The minimum absolute atomic E-state index is 0.750. The molecule has 0 aromatic carbocycles. The van der Waals surface area contributed by atoms with Crippen molar-refractivity contribution in [1.82, 2.24) is 5.16 Å². The molecule has 0 radical (unpaired) electrons. The molecule has 1 N–H and O–H groups in total. The molecule has 1 aromatic heterocycles. The molecule has 0 saturated heterocycles. The van der Waals surface area contributed by atoms with Gasteiger partial charge in [0, 0.05) is 0 Å². The molecule has 0 aliphatic rings. The Bertz CT molecular complexity index is 124. The molecule has 0 saturated carbocycles. The quantitative estimate of drug-likeness (QED) is 0.496. The molecular weight excluding hydrogens is 108 g/mol. The Morgan fingerprint density at radius 3 is 2.50 bits per heavy atom. The summed E-state index contributed by atoms with van der Waals surface area (Å²) in [4.78, 5) is 0. The van der Waals surface area contributed by atoms with Gasteiger partial charge in [-0.3, -0.25) is 0 Å². The van der Waals surface area contributed by atoms with Gasteiger partial charge in [0.25, 0.3) is 6.26 Å². The van der Waals surface area contributed by atoms with Crippen LogP contribution >= 0.6 is 0 Å². The van der Waals surface area contributed by atoms with Gasteiger partial charge in [0.15, 0.2) is 0 Å². The Kier molecular flexibility index (Phi) is 4.47. The first-order valence-electron chi connectivity index (χ1n) is 1.79. The van der Waals surface area contributed by atoms with Crippen LogP contribution in [0.1, 0.15) is 0 Å². The standard InChI is InChI=1S/C3H3NO.CHNO/c1-2-4-5-3-1;2-1-3/h1-3H;3H. The van der Waals surface area contributed by atoms with E-state index >= 15 is 0 Å². The molecule has 42 valence electrons. The highest BCUT2D eigenvalue weighted by Gasteiger charge is 1.60. The van der Waals surface area contributed by atoms with E-state index in [1.54, 1.807) is 12.3 Å². The Morgan fingerprint density at radius 1 is 1.75 bits per heavy atom. The van der Waals surface area contributed by atoms with Gasteiger partial charge in [0.1, 0.15) is 6.26 Å². The zero-order valence-corrected chi connectivity index (χ0v) is 3.98. The van der Waals surface area contributed by atoms with Crippen molar-refractivity contribution in [3.63, 3.8) is 0 Å². The molecule has 4 nitrogen and oxygen atoms in total. The number of aromatic nitrogens is 1. The molecule has 0 aliphatic carbocycles. The zero-order chi connectivity index (χ0) is 6.24. The van der Waals surface area contributed by atoms with E-state index in [0.717, 1.165) is 6.26 Å². The number of nitrogens with zero attached hydrogens (tertiary/aromatic N) is 2. The van der Waals surface area contributed by atoms with Gasteiger partial charge in [-0.05, 0) is 6.07 Å². The van der Waals surface area contributed by atoms with Gasteiger partial charge in [-0.15, -0.1) is 0 Å². The summed E-state index contributed by atoms with van der Waals surface area (Å²) in [5, 5.41) is 17.1. The molecule has 0 atom stereocenters. The van der Waals surface area contributed by atoms with Crippen molar-refractivity contribution < 1.29 is 9.63 Å². The van der Waals surface area contributed by atoms with E-state index < -0.39 is 0 Å². The molecule has 0 aliphatic heterocycles. The van der Waals surface area contributed by atoms with Crippen LogP contribution in [0.15, 0.2) is 23.0 Å².